The lowest BCUT2D eigenvalue weighted by molar-refractivity contribution is 0.609. The number of nitrogens with one attached hydrogen (secondary N) is 1. The van der Waals surface area contributed by atoms with Crippen LogP contribution in [0, 0.1) is 0 Å². The summed E-state index contributed by atoms with van der Waals surface area (Å²) < 4.78 is 23.3. The van der Waals surface area contributed by atoms with Crippen LogP contribution in [0.3, 0.4) is 0 Å². The van der Waals surface area contributed by atoms with Crippen molar-refractivity contribution in [3.8, 4) is 10.6 Å². The summed E-state index contributed by atoms with van der Waals surface area (Å²) in [6.45, 7) is 0. The van der Waals surface area contributed by atoms with Gasteiger partial charge >= 0.3 is 0 Å². The number of aromatic amines is 1. The van der Waals surface area contributed by atoms with Crippen LogP contribution in [-0.2, 0) is 9.05 Å². The van der Waals surface area contributed by atoms with Crippen LogP contribution in [-0.4, -0.2) is 23.6 Å². The minimum absolute atomic E-state index is 0.0825. The molecule has 0 radical (unpaired) electrons. The number of H-pyrrole nitrogens is 1. The lowest BCUT2D eigenvalue weighted by Crippen LogP contribution is -1.88. The van der Waals surface area contributed by atoms with E-state index in [2.05, 4.69) is 15.2 Å². The van der Waals surface area contributed by atoms with Gasteiger partial charge in [-0.2, -0.15) is 5.10 Å². The number of fused-ring (bicyclic) bond motifs is 1. The summed E-state index contributed by atoms with van der Waals surface area (Å²) in [6, 6.07) is 4.62. The van der Waals surface area contributed by atoms with Crippen molar-refractivity contribution < 1.29 is 8.42 Å². The second kappa shape index (κ2) is 4.04. The fraction of sp³-hybridized carbons (Fsp3) is 0. The predicted octanol–water partition coefficient (Wildman–Crippen LogP) is 2.61. The van der Waals surface area contributed by atoms with E-state index in [0.29, 0.717) is 0 Å². The molecule has 0 fully saturated rings. The lowest BCUT2D eigenvalue weighted by Gasteiger charge is -1.94. The Morgan fingerprint density at radius 3 is 2.83 bits per heavy atom. The Balaban J connectivity index is 2.19. The predicted molar refractivity (Wildman–Crippen MR) is 70.2 cm³/mol. The highest BCUT2D eigenvalue weighted by Crippen LogP contribution is 2.31. The van der Waals surface area contributed by atoms with Gasteiger partial charge in [0, 0.05) is 22.4 Å². The van der Waals surface area contributed by atoms with Gasteiger partial charge in [-0.15, -0.1) is 11.3 Å². The van der Waals surface area contributed by atoms with Crippen molar-refractivity contribution in [1.29, 1.82) is 0 Å². The van der Waals surface area contributed by atoms with Gasteiger partial charge in [0.25, 0.3) is 9.05 Å². The topological polar surface area (TPSA) is 75.7 Å². The zero-order chi connectivity index (χ0) is 12.8. The van der Waals surface area contributed by atoms with E-state index >= 15 is 0 Å². The van der Waals surface area contributed by atoms with Crippen molar-refractivity contribution >= 4 is 41.3 Å². The van der Waals surface area contributed by atoms with Crippen molar-refractivity contribution in [3.05, 3.63) is 30.6 Å². The van der Waals surface area contributed by atoms with Crippen LogP contribution >= 0.6 is 22.0 Å². The molecule has 0 aliphatic rings. The molecule has 1 aromatic carbocycles. The molecule has 92 valence electrons. The molecule has 0 aliphatic carbocycles. The number of thiazole rings is 1. The minimum Gasteiger partial charge on any atom is -0.285 e. The van der Waals surface area contributed by atoms with Crippen LogP contribution in [0.1, 0.15) is 0 Å². The summed E-state index contributed by atoms with van der Waals surface area (Å²) in [6.07, 6.45) is 3.40. The summed E-state index contributed by atoms with van der Waals surface area (Å²) in [5, 5.41) is 7.34. The molecule has 2 heterocycles. The van der Waals surface area contributed by atoms with Crippen molar-refractivity contribution in [1.82, 2.24) is 15.2 Å². The highest BCUT2D eigenvalue weighted by Gasteiger charge is 2.13. The zero-order valence-corrected chi connectivity index (χ0v) is 11.2. The van der Waals surface area contributed by atoms with E-state index in [-0.39, 0.29) is 4.90 Å². The molecule has 0 amide bonds. The molecule has 0 unspecified atom stereocenters. The molecule has 0 saturated heterocycles. The average molecular weight is 300 g/mol. The Morgan fingerprint density at radius 1 is 1.33 bits per heavy atom. The Morgan fingerprint density at radius 2 is 2.17 bits per heavy atom. The second-order valence-corrected chi connectivity index (χ2v) is 7.17. The van der Waals surface area contributed by atoms with E-state index in [9.17, 15) is 8.42 Å². The molecule has 1 N–H and O–H groups in total. The number of benzene rings is 1. The number of halogens is 1. The largest absolute Gasteiger partial charge is 0.285 e. The fourth-order valence-corrected chi connectivity index (χ4v) is 3.39. The summed E-state index contributed by atoms with van der Waals surface area (Å²) in [5.74, 6) is 0. The quantitative estimate of drug-likeness (QED) is 0.738. The molecule has 0 atom stereocenters. The number of aromatic nitrogens is 3. The number of hydrogen-bond donors (Lipinski definition) is 1. The fourth-order valence-electron chi connectivity index (χ4n) is 1.55. The van der Waals surface area contributed by atoms with Gasteiger partial charge in [-0.05, 0) is 18.2 Å². The SMILES string of the molecule is O=S(=O)(Cl)c1ccc2nc(-c3cn[nH]c3)sc2c1. The Kier molecular flexibility index (Phi) is 2.61. The molecule has 0 bridgehead atoms. The average Bonchev–Trinajstić information content (AvgIpc) is 2.95. The summed E-state index contributed by atoms with van der Waals surface area (Å²) in [5.41, 5.74) is 1.60. The first-order valence-corrected chi connectivity index (χ1v) is 8.01. The van der Waals surface area contributed by atoms with Gasteiger partial charge in [0.1, 0.15) is 5.01 Å². The van der Waals surface area contributed by atoms with E-state index in [4.69, 9.17) is 10.7 Å². The van der Waals surface area contributed by atoms with Crippen molar-refractivity contribution in [2.45, 2.75) is 4.90 Å². The van der Waals surface area contributed by atoms with Gasteiger partial charge in [-0.25, -0.2) is 13.4 Å². The molecule has 3 aromatic rings. The molecular weight excluding hydrogens is 294 g/mol. The lowest BCUT2D eigenvalue weighted by atomic mass is 10.3. The van der Waals surface area contributed by atoms with Gasteiger partial charge in [-0.1, -0.05) is 0 Å². The first-order valence-electron chi connectivity index (χ1n) is 4.88. The Labute approximate surface area is 111 Å². The van der Waals surface area contributed by atoms with Crippen LogP contribution < -0.4 is 0 Å². The number of rotatable bonds is 2. The van der Waals surface area contributed by atoms with Crippen molar-refractivity contribution in [2.75, 3.05) is 0 Å². The zero-order valence-electron chi connectivity index (χ0n) is 8.79. The molecule has 3 rings (SSSR count). The maximum absolute atomic E-state index is 11.2. The van der Waals surface area contributed by atoms with Crippen LogP contribution in [0.15, 0.2) is 35.5 Å². The van der Waals surface area contributed by atoms with Crippen LogP contribution in [0.4, 0.5) is 0 Å². The van der Waals surface area contributed by atoms with Crippen molar-refractivity contribution in [3.63, 3.8) is 0 Å². The summed E-state index contributed by atoms with van der Waals surface area (Å²) in [4.78, 5) is 4.48. The van der Waals surface area contributed by atoms with E-state index in [1.165, 1.54) is 23.5 Å². The molecule has 2 aromatic heterocycles. The van der Waals surface area contributed by atoms with Gasteiger partial charge in [-0.3, -0.25) is 5.10 Å². The monoisotopic (exact) mass is 299 g/mol. The standard InChI is InChI=1S/C10H6ClN3O2S2/c11-18(15,16)7-1-2-8-9(3-7)17-10(14-8)6-4-12-13-5-6/h1-5H,(H,12,13). The normalized spacial score (nSPS) is 12.1. The molecule has 0 saturated carbocycles. The van der Waals surface area contributed by atoms with Gasteiger partial charge < -0.3 is 0 Å². The molecule has 8 heteroatoms. The molecule has 18 heavy (non-hydrogen) atoms. The van der Waals surface area contributed by atoms with Gasteiger partial charge in [0.2, 0.25) is 0 Å². The van der Waals surface area contributed by atoms with Crippen LogP contribution in [0.2, 0.25) is 0 Å². The highest BCUT2D eigenvalue weighted by molar-refractivity contribution is 8.13. The minimum atomic E-state index is -3.71. The molecular formula is C10H6ClN3O2S2. The van der Waals surface area contributed by atoms with E-state index < -0.39 is 9.05 Å². The van der Waals surface area contributed by atoms with E-state index in [1.54, 1.807) is 18.5 Å². The van der Waals surface area contributed by atoms with Crippen LogP contribution in [0.25, 0.3) is 20.8 Å². The Bertz CT molecular complexity index is 809. The van der Waals surface area contributed by atoms with Gasteiger partial charge in [0.05, 0.1) is 21.3 Å². The maximum atomic E-state index is 11.2. The molecule has 5 nitrogen and oxygen atoms in total. The van der Waals surface area contributed by atoms with E-state index in [0.717, 1.165) is 20.8 Å². The number of hydrogen-bond acceptors (Lipinski definition) is 5. The molecule has 0 spiro atoms. The number of nitrogens with zero attached hydrogens (tertiary/aromatic N) is 2. The third-order valence-corrected chi connectivity index (χ3v) is 4.81. The Hall–Kier alpha value is -1.44. The molecule has 0 aliphatic heterocycles. The summed E-state index contributed by atoms with van der Waals surface area (Å²) in [7, 11) is 1.60. The van der Waals surface area contributed by atoms with E-state index in [1.807, 2.05) is 0 Å². The second-order valence-electron chi connectivity index (χ2n) is 3.57. The maximum Gasteiger partial charge on any atom is 0.261 e. The highest BCUT2D eigenvalue weighted by atomic mass is 35.7. The third kappa shape index (κ3) is 2.00. The van der Waals surface area contributed by atoms with Crippen molar-refractivity contribution in [2.24, 2.45) is 0 Å². The third-order valence-electron chi connectivity index (χ3n) is 2.39. The first-order chi connectivity index (χ1) is 8.54. The first kappa shape index (κ1) is 11.6. The summed E-state index contributed by atoms with van der Waals surface area (Å²) >= 11 is 1.39. The van der Waals surface area contributed by atoms with Gasteiger partial charge in [0.15, 0.2) is 0 Å². The smallest absolute Gasteiger partial charge is 0.261 e. The van der Waals surface area contributed by atoms with Crippen LogP contribution in [0.5, 0.6) is 0 Å².